The normalized spacial score (nSPS) is 30.9. The zero-order valence-electron chi connectivity index (χ0n) is 12.8. The Bertz CT molecular complexity index is 445. The predicted octanol–water partition coefficient (Wildman–Crippen LogP) is 2.46. The average molecular weight is 294 g/mol. The van der Waals surface area contributed by atoms with Crippen LogP contribution in [0.5, 0.6) is 0 Å². The number of rotatable bonds is 4. The van der Waals surface area contributed by atoms with Gasteiger partial charge in [0.25, 0.3) is 0 Å². The number of nitrogens with zero attached hydrogens (tertiary/aromatic N) is 2. The van der Waals surface area contributed by atoms with Gasteiger partial charge in [0.2, 0.25) is 0 Å². The van der Waals surface area contributed by atoms with Crippen LogP contribution in [0.25, 0.3) is 0 Å². The van der Waals surface area contributed by atoms with Gasteiger partial charge >= 0.3 is 0 Å². The summed E-state index contributed by atoms with van der Waals surface area (Å²) in [7, 11) is 4.29. The topological polar surface area (TPSA) is 15.7 Å². The highest BCUT2D eigenvalue weighted by Gasteiger charge is 2.40. The largest absolute Gasteiger partial charge is 0.376 e. The second-order valence-electron chi connectivity index (χ2n) is 6.59. The highest BCUT2D eigenvalue weighted by atomic mass is 32.1. The molecule has 2 saturated heterocycles. The molecule has 4 heteroatoms. The van der Waals surface area contributed by atoms with E-state index in [1.54, 1.807) is 0 Å². The van der Waals surface area contributed by atoms with E-state index in [2.05, 4.69) is 43.0 Å². The van der Waals surface area contributed by atoms with Crippen molar-refractivity contribution in [3.63, 3.8) is 0 Å². The van der Waals surface area contributed by atoms with Gasteiger partial charge in [-0.05, 0) is 52.0 Å². The molecule has 0 radical (unpaired) electrons. The molecule has 0 aromatic carbocycles. The van der Waals surface area contributed by atoms with Crippen molar-refractivity contribution in [3.05, 3.63) is 21.9 Å². The number of likely N-dealkylation sites (N-methyl/N-ethyl adjacent to an activating group) is 1. The van der Waals surface area contributed by atoms with Crippen LogP contribution in [0.4, 0.5) is 0 Å². The Labute approximate surface area is 126 Å². The van der Waals surface area contributed by atoms with Crippen LogP contribution in [0, 0.1) is 18.8 Å². The molecule has 1 aromatic rings. The van der Waals surface area contributed by atoms with E-state index >= 15 is 0 Å². The summed E-state index contributed by atoms with van der Waals surface area (Å²) < 4.78 is 6.05. The molecule has 0 saturated carbocycles. The van der Waals surface area contributed by atoms with E-state index in [1.807, 2.05) is 11.3 Å². The summed E-state index contributed by atoms with van der Waals surface area (Å²) in [5.41, 5.74) is 0. The van der Waals surface area contributed by atoms with Gasteiger partial charge in [0, 0.05) is 35.3 Å². The minimum Gasteiger partial charge on any atom is -0.376 e. The Morgan fingerprint density at radius 1 is 1.40 bits per heavy atom. The minimum atomic E-state index is 0.433. The molecular weight excluding hydrogens is 268 g/mol. The van der Waals surface area contributed by atoms with Crippen LogP contribution in [-0.2, 0) is 11.3 Å². The molecule has 112 valence electrons. The van der Waals surface area contributed by atoms with Gasteiger partial charge in [-0.1, -0.05) is 0 Å². The van der Waals surface area contributed by atoms with Crippen molar-refractivity contribution in [2.45, 2.75) is 26.0 Å². The standard InChI is InChI=1S/C16H26N2OS/c1-12-4-5-14(20-12)8-18-7-6-13-11-19-16(10-17(2)3)15(13)9-18/h4-5,13,15-16H,6-11H2,1-3H3/t13-,15-,16+/m1/s1. The lowest BCUT2D eigenvalue weighted by Gasteiger charge is -2.36. The van der Waals surface area contributed by atoms with Crippen LogP contribution in [-0.4, -0.2) is 56.2 Å². The number of hydrogen-bond donors (Lipinski definition) is 0. The fraction of sp³-hybridized carbons (Fsp3) is 0.750. The van der Waals surface area contributed by atoms with Gasteiger partial charge in [0.1, 0.15) is 0 Å². The molecule has 2 fully saturated rings. The van der Waals surface area contributed by atoms with Crippen molar-refractivity contribution >= 4 is 11.3 Å². The molecule has 0 spiro atoms. The lowest BCUT2D eigenvalue weighted by molar-refractivity contribution is 0.0545. The predicted molar refractivity (Wildman–Crippen MR) is 84.2 cm³/mol. The van der Waals surface area contributed by atoms with Gasteiger partial charge in [-0.2, -0.15) is 0 Å². The number of hydrogen-bond acceptors (Lipinski definition) is 4. The summed E-state index contributed by atoms with van der Waals surface area (Å²) >= 11 is 1.94. The van der Waals surface area contributed by atoms with Crippen molar-refractivity contribution in [3.8, 4) is 0 Å². The maximum atomic E-state index is 6.05. The second-order valence-corrected chi connectivity index (χ2v) is 7.97. The molecule has 0 aliphatic carbocycles. The zero-order chi connectivity index (χ0) is 14.1. The first-order valence-electron chi connectivity index (χ1n) is 7.66. The van der Waals surface area contributed by atoms with Crippen LogP contribution in [0.1, 0.15) is 16.2 Å². The third-order valence-corrected chi connectivity index (χ3v) is 5.60. The van der Waals surface area contributed by atoms with Gasteiger partial charge < -0.3 is 9.64 Å². The molecule has 3 nitrogen and oxygen atoms in total. The van der Waals surface area contributed by atoms with E-state index in [-0.39, 0.29) is 0 Å². The fourth-order valence-corrected chi connectivity index (χ4v) is 4.51. The molecule has 2 aliphatic rings. The van der Waals surface area contributed by atoms with E-state index in [0.29, 0.717) is 6.10 Å². The highest BCUT2D eigenvalue weighted by molar-refractivity contribution is 7.11. The van der Waals surface area contributed by atoms with Crippen molar-refractivity contribution in [2.24, 2.45) is 11.8 Å². The third kappa shape index (κ3) is 3.25. The summed E-state index contributed by atoms with van der Waals surface area (Å²) in [4.78, 5) is 7.81. The summed E-state index contributed by atoms with van der Waals surface area (Å²) in [6.07, 6.45) is 1.74. The first-order chi connectivity index (χ1) is 9.61. The van der Waals surface area contributed by atoms with Gasteiger partial charge in [-0.3, -0.25) is 4.90 Å². The fourth-order valence-electron chi connectivity index (χ4n) is 3.58. The Morgan fingerprint density at radius 2 is 2.25 bits per heavy atom. The van der Waals surface area contributed by atoms with Crippen molar-refractivity contribution in [1.82, 2.24) is 9.80 Å². The van der Waals surface area contributed by atoms with E-state index in [4.69, 9.17) is 4.74 Å². The monoisotopic (exact) mass is 294 g/mol. The first-order valence-corrected chi connectivity index (χ1v) is 8.47. The third-order valence-electron chi connectivity index (χ3n) is 4.61. The molecule has 1 aromatic heterocycles. The van der Waals surface area contributed by atoms with E-state index < -0.39 is 0 Å². The molecule has 3 atom stereocenters. The van der Waals surface area contributed by atoms with E-state index in [9.17, 15) is 0 Å². The Balaban J connectivity index is 1.60. The van der Waals surface area contributed by atoms with Gasteiger partial charge in [0.15, 0.2) is 0 Å². The minimum absolute atomic E-state index is 0.433. The van der Waals surface area contributed by atoms with Crippen molar-refractivity contribution < 1.29 is 4.74 Å². The van der Waals surface area contributed by atoms with Crippen LogP contribution < -0.4 is 0 Å². The maximum absolute atomic E-state index is 6.05. The maximum Gasteiger partial charge on any atom is 0.0745 e. The quantitative estimate of drug-likeness (QED) is 0.848. The van der Waals surface area contributed by atoms with E-state index in [1.165, 1.54) is 29.3 Å². The average Bonchev–Trinajstić information content (AvgIpc) is 2.96. The number of fused-ring (bicyclic) bond motifs is 1. The summed E-state index contributed by atoms with van der Waals surface area (Å²) in [5.74, 6) is 1.52. The molecule has 0 bridgehead atoms. The van der Waals surface area contributed by atoms with Crippen LogP contribution in [0.2, 0.25) is 0 Å². The molecule has 0 amide bonds. The molecule has 0 unspecified atom stereocenters. The second kappa shape index (κ2) is 6.14. The molecule has 2 aliphatic heterocycles. The van der Waals surface area contributed by atoms with Crippen molar-refractivity contribution in [2.75, 3.05) is 40.3 Å². The van der Waals surface area contributed by atoms with Crippen LogP contribution in [0.3, 0.4) is 0 Å². The Kier molecular flexibility index (Phi) is 4.46. The molecule has 3 heterocycles. The van der Waals surface area contributed by atoms with Gasteiger partial charge in [0.05, 0.1) is 12.7 Å². The number of aryl methyl sites for hydroxylation is 1. The van der Waals surface area contributed by atoms with Gasteiger partial charge in [-0.25, -0.2) is 0 Å². The van der Waals surface area contributed by atoms with E-state index in [0.717, 1.165) is 31.5 Å². The molecule has 20 heavy (non-hydrogen) atoms. The molecular formula is C16H26N2OS. The smallest absolute Gasteiger partial charge is 0.0745 e. The zero-order valence-corrected chi connectivity index (χ0v) is 13.7. The first kappa shape index (κ1) is 14.5. The molecule has 0 N–H and O–H groups in total. The highest BCUT2D eigenvalue weighted by Crippen LogP contribution is 2.35. The summed E-state index contributed by atoms with van der Waals surface area (Å²) in [5, 5.41) is 0. The Morgan fingerprint density at radius 3 is 2.95 bits per heavy atom. The lowest BCUT2D eigenvalue weighted by atomic mass is 9.84. The lowest BCUT2D eigenvalue weighted by Crippen LogP contribution is -2.44. The molecule has 3 rings (SSSR count). The van der Waals surface area contributed by atoms with Gasteiger partial charge in [-0.15, -0.1) is 11.3 Å². The number of likely N-dealkylation sites (tertiary alicyclic amines) is 1. The number of piperidine rings is 1. The van der Waals surface area contributed by atoms with Crippen LogP contribution in [0.15, 0.2) is 12.1 Å². The number of ether oxygens (including phenoxy) is 1. The summed E-state index contributed by atoms with van der Waals surface area (Å²) in [6, 6.07) is 4.52. The van der Waals surface area contributed by atoms with Crippen molar-refractivity contribution in [1.29, 1.82) is 0 Å². The number of thiophene rings is 1. The summed E-state index contributed by atoms with van der Waals surface area (Å²) in [6.45, 7) is 7.80. The Hall–Kier alpha value is -0.420. The van der Waals surface area contributed by atoms with Crippen LogP contribution >= 0.6 is 11.3 Å². The SMILES string of the molecule is Cc1ccc(CN2CC[C@@H]3CO[C@@H](CN(C)C)[C@@H]3C2)s1.